The van der Waals surface area contributed by atoms with Gasteiger partial charge < -0.3 is 14.2 Å². The van der Waals surface area contributed by atoms with Gasteiger partial charge in [0.05, 0.1) is 5.69 Å². The normalized spacial score (nSPS) is 15.7. The molecule has 0 spiro atoms. The van der Waals surface area contributed by atoms with Gasteiger partial charge in [0, 0.05) is 38.2 Å². The molecule has 3 heterocycles. The van der Waals surface area contributed by atoms with Gasteiger partial charge in [0.15, 0.2) is 0 Å². The second-order valence-corrected chi connectivity index (χ2v) is 5.75. The average molecular weight is 316 g/mol. The number of ether oxygens (including phenoxy) is 1. The number of nitrogens with zero attached hydrogens (tertiary/aromatic N) is 4. The van der Waals surface area contributed by atoms with Crippen LogP contribution in [-0.2, 0) is 0 Å². The van der Waals surface area contributed by atoms with Crippen LogP contribution in [0.15, 0.2) is 16.8 Å². The van der Waals surface area contributed by atoms with Gasteiger partial charge in [0.1, 0.15) is 23.3 Å². The molecule has 1 aliphatic heterocycles. The summed E-state index contributed by atoms with van der Waals surface area (Å²) in [6, 6.07) is 1.76. The van der Waals surface area contributed by atoms with Crippen molar-refractivity contribution in [2.75, 3.05) is 13.1 Å². The molecule has 0 aromatic carbocycles. The first-order valence-corrected chi connectivity index (χ1v) is 7.73. The monoisotopic (exact) mass is 316 g/mol. The first-order chi connectivity index (χ1) is 11.0. The van der Waals surface area contributed by atoms with Crippen molar-refractivity contribution in [2.45, 2.75) is 39.7 Å². The summed E-state index contributed by atoms with van der Waals surface area (Å²) in [7, 11) is 0. The second-order valence-electron chi connectivity index (χ2n) is 5.75. The second kappa shape index (κ2) is 6.36. The van der Waals surface area contributed by atoms with Crippen molar-refractivity contribution < 1.29 is 14.1 Å². The number of aromatic nitrogens is 3. The van der Waals surface area contributed by atoms with Crippen LogP contribution in [0.1, 0.15) is 40.5 Å². The molecule has 0 N–H and O–H groups in total. The Labute approximate surface area is 134 Å². The molecular weight excluding hydrogens is 296 g/mol. The van der Waals surface area contributed by atoms with Crippen molar-refractivity contribution in [3.8, 4) is 5.88 Å². The predicted octanol–water partition coefficient (Wildman–Crippen LogP) is 2.07. The molecule has 0 unspecified atom stereocenters. The molecule has 7 nitrogen and oxygen atoms in total. The molecule has 0 aliphatic carbocycles. The van der Waals surface area contributed by atoms with Gasteiger partial charge in [0.25, 0.3) is 5.91 Å². The molecule has 2 aromatic rings. The fourth-order valence-corrected chi connectivity index (χ4v) is 2.79. The van der Waals surface area contributed by atoms with Gasteiger partial charge in [0.2, 0.25) is 5.88 Å². The Bertz CT molecular complexity index is 686. The van der Waals surface area contributed by atoms with E-state index in [1.54, 1.807) is 26.1 Å². The topological polar surface area (TPSA) is 81.4 Å². The van der Waals surface area contributed by atoms with Crippen LogP contribution in [0.5, 0.6) is 5.88 Å². The first-order valence-electron chi connectivity index (χ1n) is 7.73. The summed E-state index contributed by atoms with van der Waals surface area (Å²) in [5.74, 6) is 1.83. The van der Waals surface area contributed by atoms with Crippen LogP contribution in [0.2, 0.25) is 0 Å². The van der Waals surface area contributed by atoms with Gasteiger partial charge in [-0.15, -0.1) is 0 Å². The van der Waals surface area contributed by atoms with Crippen LogP contribution in [0.25, 0.3) is 0 Å². The van der Waals surface area contributed by atoms with Crippen molar-refractivity contribution in [1.29, 1.82) is 0 Å². The Morgan fingerprint density at radius 3 is 2.65 bits per heavy atom. The third-order valence-corrected chi connectivity index (χ3v) is 4.01. The largest absolute Gasteiger partial charge is 0.474 e. The van der Waals surface area contributed by atoms with E-state index in [9.17, 15) is 4.79 Å². The Morgan fingerprint density at radius 1 is 1.30 bits per heavy atom. The van der Waals surface area contributed by atoms with E-state index in [2.05, 4.69) is 15.1 Å². The molecule has 23 heavy (non-hydrogen) atoms. The van der Waals surface area contributed by atoms with Gasteiger partial charge in [-0.25, -0.2) is 4.98 Å². The Kier molecular flexibility index (Phi) is 4.27. The summed E-state index contributed by atoms with van der Waals surface area (Å²) in [6.45, 7) is 6.69. The average Bonchev–Trinajstić information content (AvgIpc) is 2.86. The van der Waals surface area contributed by atoms with E-state index in [0.717, 1.165) is 12.8 Å². The molecule has 2 aromatic heterocycles. The highest BCUT2D eigenvalue weighted by molar-refractivity contribution is 5.96. The van der Waals surface area contributed by atoms with Gasteiger partial charge in [-0.05, 0) is 20.8 Å². The van der Waals surface area contributed by atoms with Gasteiger partial charge in [-0.1, -0.05) is 5.16 Å². The van der Waals surface area contributed by atoms with Crippen LogP contribution in [0, 0.1) is 20.8 Å². The number of rotatable bonds is 3. The van der Waals surface area contributed by atoms with Crippen LogP contribution in [0.4, 0.5) is 0 Å². The van der Waals surface area contributed by atoms with E-state index in [0.29, 0.717) is 41.8 Å². The van der Waals surface area contributed by atoms with E-state index in [-0.39, 0.29) is 12.0 Å². The molecule has 7 heteroatoms. The number of piperidine rings is 1. The third-order valence-electron chi connectivity index (χ3n) is 4.01. The zero-order chi connectivity index (χ0) is 16.4. The lowest BCUT2D eigenvalue weighted by atomic mass is 10.1. The van der Waals surface area contributed by atoms with Gasteiger partial charge >= 0.3 is 0 Å². The molecule has 3 rings (SSSR count). The molecule has 0 bridgehead atoms. The molecule has 1 aliphatic rings. The summed E-state index contributed by atoms with van der Waals surface area (Å²) in [6.07, 6.45) is 3.31. The van der Waals surface area contributed by atoms with Gasteiger partial charge in [-0.2, -0.15) is 4.98 Å². The van der Waals surface area contributed by atoms with E-state index >= 15 is 0 Å². The zero-order valence-electron chi connectivity index (χ0n) is 13.6. The minimum atomic E-state index is -0.0161. The Morgan fingerprint density at radius 2 is 2.04 bits per heavy atom. The third kappa shape index (κ3) is 3.33. The zero-order valence-corrected chi connectivity index (χ0v) is 13.6. The number of carbonyl (C=O) groups excluding carboxylic acids is 1. The minimum Gasteiger partial charge on any atom is -0.474 e. The molecule has 1 amide bonds. The van der Waals surface area contributed by atoms with Crippen molar-refractivity contribution in [1.82, 2.24) is 20.0 Å². The van der Waals surface area contributed by atoms with Crippen molar-refractivity contribution >= 4 is 5.91 Å². The smallest absolute Gasteiger partial charge is 0.259 e. The first kappa shape index (κ1) is 15.5. The van der Waals surface area contributed by atoms with E-state index in [1.165, 1.54) is 0 Å². The molecular formula is C16H20N4O3. The van der Waals surface area contributed by atoms with Gasteiger partial charge in [-0.3, -0.25) is 4.79 Å². The summed E-state index contributed by atoms with van der Waals surface area (Å²) < 4.78 is 11.0. The highest BCUT2D eigenvalue weighted by atomic mass is 16.5. The summed E-state index contributed by atoms with van der Waals surface area (Å²) in [4.78, 5) is 22.7. The van der Waals surface area contributed by atoms with E-state index in [4.69, 9.17) is 9.26 Å². The maximum Gasteiger partial charge on any atom is 0.259 e. The van der Waals surface area contributed by atoms with Crippen LogP contribution < -0.4 is 4.74 Å². The molecule has 1 saturated heterocycles. The minimum absolute atomic E-state index is 0.0161. The summed E-state index contributed by atoms with van der Waals surface area (Å²) in [5, 5.41) is 3.85. The SMILES string of the molecule is Cc1nccc(OC2CCN(C(=O)c3c(C)noc3C)CC2)n1. The highest BCUT2D eigenvalue weighted by Crippen LogP contribution is 2.21. The molecule has 0 saturated carbocycles. The Hall–Kier alpha value is -2.44. The number of carbonyl (C=O) groups is 1. The lowest BCUT2D eigenvalue weighted by Crippen LogP contribution is -2.42. The standard InChI is InChI=1S/C16H20N4O3/c1-10-15(11(2)23-19-10)16(21)20-8-5-13(6-9-20)22-14-4-7-17-12(3)18-14/h4,7,13H,5-6,8-9H2,1-3H3. The van der Waals surface area contributed by atoms with E-state index < -0.39 is 0 Å². The van der Waals surface area contributed by atoms with Crippen molar-refractivity contribution in [2.24, 2.45) is 0 Å². The Balaban J connectivity index is 1.59. The molecule has 0 atom stereocenters. The number of amides is 1. The van der Waals surface area contributed by atoms with Crippen LogP contribution in [-0.4, -0.2) is 45.1 Å². The fourth-order valence-electron chi connectivity index (χ4n) is 2.79. The van der Waals surface area contributed by atoms with Crippen molar-refractivity contribution in [3.63, 3.8) is 0 Å². The lowest BCUT2D eigenvalue weighted by molar-refractivity contribution is 0.0585. The molecule has 1 fully saturated rings. The number of hydrogen-bond donors (Lipinski definition) is 0. The van der Waals surface area contributed by atoms with Crippen LogP contribution in [0.3, 0.4) is 0 Å². The molecule has 122 valence electrons. The highest BCUT2D eigenvalue weighted by Gasteiger charge is 2.28. The summed E-state index contributed by atoms with van der Waals surface area (Å²) in [5.41, 5.74) is 1.22. The number of likely N-dealkylation sites (tertiary alicyclic amines) is 1. The predicted molar refractivity (Wildman–Crippen MR) is 82.3 cm³/mol. The quantitative estimate of drug-likeness (QED) is 0.862. The van der Waals surface area contributed by atoms with Crippen molar-refractivity contribution in [3.05, 3.63) is 35.1 Å². The van der Waals surface area contributed by atoms with Crippen LogP contribution >= 0.6 is 0 Å². The maximum atomic E-state index is 12.6. The maximum absolute atomic E-state index is 12.6. The fraction of sp³-hybridized carbons (Fsp3) is 0.500. The molecule has 0 radical (unpaired) electrons. The summed E-state index contributed by atoms with van der Waals surface area (Å²) >= 11 is 0. The number of hydrogen-bond acceptors (Lipinski definition) is 6. The van der Waals surface area contributed by atoms with E-state index in [1.807, 2.05) is 11.8 Å². The number of aryl methyl sites for hydroxylation is 3. The lowest BCUT2D eigenvalue weighted by Gasteiger charge is -2.31.